The summed E-state index contributed by atoms with van der Waals surface area (Å²) in [4.78, 5) is 62.6. The molecule has 0 aromatic heterocycles. The number of rotatable bonds is 6. The Kier molecular flexibility index (Phi) is 6.05. The van der Waals surface area contributed by atoms with E-state index in [2.05, 4.69) is 10.6 Å². The topological polar surface area (TPSA) is 147 Å². The van der Waals surface area contributed by atoms with Crippen molar-refractivity contribution in [2.45, 2.75) is 37.2 Å². The minimum atomic E-state index is -3.37. The van der Waals surface area contributed by atoms with Crippen LogP contribution in [0.5, 0.6) is 0 Å². The molecule has 1 atom stereocenters. The second-order valence-corrected chi connectivity index (χ2v) is 10.2. The van der Waals surface area contributed by atoms with E-state index in [1.165, 1.54) is 43.3 Å². The van der Waals surface area contributed by atoms with Crippen LogP contribution in [0, 0.1) is 0 Å². The molecular weight excluding hydrogens is 462 g/mol. The molecule has 2 aromatic carbocycles. The predicted molar refractivity (Wildman–Crippen MR) is 118 cm³/mol. The summed E-state index contributed by atoms with van der Waals surface area (Å²) in [5.41, 5.74) is 1.10. The van der Waals surface area contributed by atoms with Crippen molar-refractivity contribution in [1.29, 1.82) is 0 Å². The van der Waals surface area contributed by atoms with Crippen molar-refractivity contribution in [2.75, 3.05) is 5.75 Å². The van der Waals surface area contributed by atoms with Gasteiger partial charge in [-0.25, -0.2) is 8.42 Å². The van der Waals surface area contributed by atoms with Crippen molar-refractivity contribution in [3.05, 3.63) is 64.7 Å². The highest BCUT2D eigenvalue weighted by Crippen LogP contribution is 2.28. The van der Waals surface area contributed by atoms with Crippen molar-refractivity contribution >= 4 is 39.4 Å². The van der Waals surface area contributed by atoms with Crippen LogP contribution < -0.4 is 10.6 Å². The van der Waals surface area contributed by atoms with Gasteiger partial charge in [0.15, 0.2) is 9.84 Å². The van der Waals surface area contributed by atoms with E-state index in [9.17, 15) is 32.4 Å². The molecule has 1 saturated heterocycles. The Labute approximate surface area is 195 Å². The number of imide groups is 2. The second-order valence-electron chi connectivity index (χ2n) is 7.94. The monoisotopic (exact) mass is 483 g/mol. The van der Waals surface area contributed by atoms with Gasteiger partial charge in [-0.05, 0) is 48.4 Å². The van der Waals surface area contributed by atoms with E-state index in [0.717, 1.165) is 4.90 Å². The summed E-state index contributed by atoms with van der Waals surface area (Å²) in [7, 11) is -3.37. The Bertz CT molecular complexity index is 1330. The van der Waals surface area contributed by atoms with E-state index in [-0.39, 0.29) is 46.7 Å². The van der Waals surface area contributed by atoms with Gasteiger partial charge in [0.05, 0.1) is 21.8 Å². The van der Waals surface area contributed by atoms with E-state index < -0.39 is 45.4 Å². The largest absolute Gasteiger partial charge is 0.348 e. The molecule has 11 heteroatoms. The fraction of sp³-hybridized carbons (Fsp3) is 0.261. The molecule has 0 radical (unpaired) electrons. The van der Waals surface area contributed by atoms with Crippen LogP contribution in [0.3, 0.4) is 0 Å². The van der Waals surface area contributed by atoms with E-state index in [4.69, 9.17) is 0 Å². The molecular formula is C23H21N3O7S. The first-order valence-corrected chi connectivity index (χ1v) is 12.2. The van der Waals surface area contributed by atoms with Crippen molar-refractivity contribution < 1.29 is 32.4 Å². The third-order valence-corrected chi connectivity index (χ3v) is 7.56. The van der Waals surface area contributed by atoms with E-state index in [1.807, 2.05) is 0 Å². The van der Waals surface area contributed by atoms with Crippen LogP contribution in [0.15, 0.2) is 47.4 Å². The SMILES string of the molecule is CCS(=O)(=O)c1ccc(C(=O)NCc2ccc3c(c2)C(=O)N(C2CCC(=O)NC2=O)C3=O)cc1. The highest BCUT2D eigenvalue weighted by molar-refractivity contribution is 7.91. The lowest BCUT2D eigenvalue weighted by Crippen LogP contribution is -2.54. The maximum atomic E-state index is 12.9. The standard InChI is InChI=1S/C23H21N3O7S/c1-2-34(32,33)15-6-4-14(5-7-15)20(28)24-12-13-3-8-16-17(11-13)23(31)26(22(16)30)18-9-10-19(27)25-21(18)29/h3-8,11,18H,2,9-10,12H2,1H3,(H,24,28)(H,25,27,29). The number of hydrogen-bond donors (Lipinski definition) is 2. The summed E-state index contributed by atoms with van der Waals surface area (Å²) in [6.07, 6.45) is 0.101. The Morgan fingerprint density at radius 2 is 1.71 bits per heavy atom. The van der Waals surface area contributed by atoms with Crippen LogP contribution in [0.1, 0.15) is 56.4 Å². The first kappa shape index (κ1) is 23.3. The first-order chi connectivity index (χ1) is 16.1. The molecule has 10 nitrogen and oxygen atoms in total. The number of benzene rings is 2. The highest BCUT2D eigenvalue weighted by atomic mass is 32.2. The summed E-state index contributed by atoms with van der Waals surface area (Å²) in [5.74, 6) is -2.84. The number of carbonyl (C=O) groups is 5. The number of nitrogens with one attached hydrogen (secondary N) is 2. The molecule has 0 bridgehead atoms. The molecule has 2 aliphatic rings. The van der Waals surface area contributed by atoms with E-state index in [1.54, 1.807) is 6.07 Å². The predicted octanol–water partition coefficient (Wildman–Crippen LogP) is 0.811. The number of carbonyl (C=O) groups excluding carboxylic acids is 5. The zero-order chi connectivity index (χ0) is 24.6. The van der Waals surface area contributed by atoms with Crippen LogP contribution in [0.4, 0.5) is 0 Å². The minimum Gasteiger partial charge on any atom is -0.348 e. The smallest absolute Gasteiger partial charge is 0.262 e. The van der Waals surface area contributed by atoms with Gasteiger partial charge >= 0.3 is 0 Å². The van der Waals surface area contributed by atoms with Crippen LogP contribution in [0.2, 0.25) is 0 Å². The lowest BCUT2D eigenvalue weighted by Gasteiger charge is -2.27. The molecule has 5 amide bonds. The zero-order valence-electron chi connectivity index (χ0n) is 18.2. The maximum Gasteiger partial charge on any atom is 0.262 e. The van der Waals surface area contributed by atoms with Gasteiger partial charge in [0.1, 0.15) is 6.04 Å². The first-order valence-electron chi connectivity index (χ1n) is 10.6. The van der Waals surface area contributed by atoms with E-state index >= 15 is 0 Å². The average Bonchev–Trinajstić information content (AvgIpc) is 3.07. The fourth-order valence-corrected chi connectivity index (χ4v) is 4.78. The Balaban J connectivity index is 1.45. The molecule has 4 rings (SSSR count). The van der Waals surface area contributed by atoms with Crippen LogP contribution in [0.25, 0.3) is 0 Å². The quantitative estimate of drug-likeness (QED) is 0.578. The number of piperidine rings is 1. The molecule has 0 saturated carbocycles. The normalized spacial score (nSPS) is 18.0. The molecule has 176 valence electrons. The van der Waals surface area contributed by atoms with Crippen LogP contribution in [-0.2, 0) is 26.0 Å². The molecule has 1 unspecified atom stereocenters. The summed E-state index contributed by atoms with van der Waals surface area (Å²) in [5, 5.41) is 4.84. The van der Waals surface area contributed by atoms with E-state index in [0.29, 0.717) is 5.56 Å². The number of nitrogens with zero attached hydrogens (tertiary/aromatic N) is 1. The summed E-state index contributed by atoms with van der Waals surface area (Å²) < 4.78 is 23.8. The van der Waals surface area contributed by atoms with Crippen molar-refractivity contribution in [1.82, 2.24) is 15.5 Å². The highest BCUT2D eigenvalue weighted by Gasteiger charge is 2.44. The average molecular weight is 484 g/mol. The Morgan fingerprint density at radius 1 is 1.03 bits per heavy atom. The molecule has 0 aliphatic carbocycles. The van der Waals surface area contributed by atoms with Gasteiger partial charge in [0, 0.05) is 18.5 Å². The third-order valence-electron chi connectivity index (χ3n) is 5.81. The molecule has 34 heavy (non-hydrogen) atoms. The second kappa shape index (κ2) is 8.82. The molecule has 2 aliphatic heterocycles. The third kappa shape index (κ3) is 4.21. The zero-order valence-corrected chi connectivity index (χ0v) is 19.0. The van der Waals surface area contributed by atoms with Gasteiger partial charge in [0.25, 0.3) is 17.7 Å². The molecule has 1 fully saturated rings. The molecule has 2 heterocycles. The lowest BCUT2D eigenvalue weighted by molar-refractivity contribution is -0.136. The molecule has 2 aromatic rings. The lowest BCUT2D eigenvalue weighted by atomic mass is 10.0. The number of amides is 5. The fourth-order valence-electron chi connectivity index (χ4n) is 3.89. The number of sulfone groups is 1. The van der Waals surface area contributed by atoms with Gasteiger partial charge in [-0.1, -0.05) is 13.0 Å². The maximum absolute atomic E-state index is 12.9. The number of hydrogen-bond acceptors (Lipinski definition) is 7. The Morgan fingerprint density at radius 3 is 2.35 bits per heavy atom. The van der Waals surface area contributed by atoms with Crippen molar-refractivity contribution in [3.8, 4) is 0 Å². The van der Waals surface area contributed by atoms with Gasteiger partial charge in [0.2, 0.25) is 11.8 Å². The summed E-state index contributed by atoms with van der Waals surface area (Å²) in [6, 6.07) is 9.07. The van der Waals surface area contributed by atoms with Gasteiger partial charge in [-0.2, -0.15) is 0 Å². The Hall–Kier alpha value is -3.86. The molecule has 2 N–H and O–H groups in total. The van der Waals surface area contributed by atoms with Crippen molar-refractivity contribution in [2.24, 2.45) is 0 Å². The summed E-state index contributed by atoms with van der Waals surface area (Å²) in [6.45, 7) is 1.59. The molecule has 0 spiro atoms. The van der Waals surface area contributed by atoms with Gasteiger partial charge in [-0.15, -0.1) is 0 Å². The van der Waals surface area contributed by atoms with Gasteiger partial charge < -0.3 is 5.32 Å². The van der Waals surface area contributed by atoms with Gasteiger partial charge in [-0.3, -0.25) is 34.2 Å². The van der Waals surface area contributed by atoms with Crippen LogP contribution in [-0.4, -0.2) is 54.6 Å². The van der Waals surface area contributed by atoms with Crippen LogP contribution >= 0.6 is 0 Å². The van der Waals surface area contributed by atoms with Crippen molar-refractivity contribution in [3.63, 3.8) is 0 Å². The minimum absolute atomic E-state index is 0.0342. The number of fused-ring (bicyclic) bond motifs is 1. The summed E-state index contributed by atoms with van der Waals surface area (Å²) >= 11 is 0.